The summed E-state index contributed by atoms with van der Waals surface area (Å²) in [7, 11) is 0. The van der Waals surface area contributed by atoms with Crippen LogP contribution in [0, 0.1) is 0 Å². The Morgan fingerprint density at radius 1 is 1.19 bits per heavy atom. The van der Waals surface area contributed by atoms with Crippen molar-refractivity contribution in [3.05, 3.63) is 64.4 Å². The number of carbonyl (C=O) groups excluding carboxylic acids is 1. The molecule has 0 bridgehead atoms. The van der Waals surface area contributed by atoms with E-state index < -0.39 is 6.04 Å². The van der Waals surface area contributed by atoms with Crippen LogP contribution in [0.3, 0.4) is 0 Å². The summed E-state index contributed by atoms with van der Waals surface area (Å²) in [5, 5.41) is 3.58. The maximum atomic E-state index is 12.4. The fourth-order valence-corrected chi connectivity index (χ4v) is 3.79. The lowest BCUT2D eigenvalue weighted by Gasteiger charge is -2.12. The van der Waals surface area contributed by atoms with Gasteiger partial charge < -0.3 is 10.1 Å². The first-order chi connectivity index (χ1) is 12.6. The summed E-state index contributed by atoms with van der Waals surface area (Å²) >= 11 is 1.33. The van der Waals surface area contributed by atoms with Crippen molar-refractivity contribution in [2.45, 2.75) is 26.3 Å². The maximum absolute atomic E-state index is 12.4. The van der Waals surface area contributed by atoms with Crippen LogP contribution in [-0.4, -0.2) is 23.0 Å². The minimum absolute atomic E-state index is 0.111. The molecular formula is C20H22N2O3S. The number of aromatic nitrogens is 1. The first-order valence-electron chi connectivity index (χ1n) is 8.70. The molecule has 0 aliphatic heterocycles. The molecule has 0 aliphatic rings. The fraction of sp³-hybridized carbons (Fsp3) is 0.300. The van der Waals surface area contributed by atoms with Gasteiger partial charge in [-0.1, -0.05) is 35.8 Å². The number of fused-ring (bicyclic) bond motifs is 1. The molecule has 0 saturated carbocycles. The molecule has 0 radical (unpaired) electrons. The van der Waals surface area contributed by atoms with Crippen LogP contribution in [0.5, 0.6) is 5.75 Å². The minimum Gasteiger partial charge on any atom is -0.494 e. The maximum Gasteiger partial charge on any atom is 0.269 e. The van der Waals surface area contributed by atoms with Crippen molar-refractivity contribution in [1.82, 2.24) is 9.27 Å². The van der Waals surface area contributed by atoms with Crippen molar-refractivity contribution in [3.63, 3.8) is 0 Å². The number of hydrogen-bond donors (Lipinski definition) is 1. The lowest BCUT2D eigenvalue weighted by Crippen LogP contribution is -2.34. The van der Waals surface area contributed by atoms with Crippen LogP contribution in [0.1, 0.15) is 25.5 Å². The van der Waals surface area contributed by atoms with Crippen LogP contribution in [0.15, 0.2) is 53.3 Å². The Kier molecular flexibility index (Phi) is 5.73. The zero-order chi connectivity index (χ0) is 18.5. The molecule has 5 nitrogen and oxygen atoms in total. The third-order valence-corrected chi connectivity index (χ3v) is 5.42. The van der Waals surface area contributed by atoms with Gasteiger partial charge in [-0.25, -0.2) is 0 Å². The Bertz CT molecular complexity index is 944. The second kappa shape index (κ2) is 8.19. The average molecular weight is 370 g/mol. The minimum atomic E-state index is -0.528. The predicted molar refractivity (Wildman–Crippen MR) is 105 cm³/mol. The fourth-order valence-electron chi connectivity index (χ4n) is 2.75. The molecule has 1 atom stereocenters. The highest BCUT2D eigenvalue weighted by molar-refractivity contribution is 7.14. The van der Waals surface area contributed by atoms with Gasteiger partial charge in [0.2, 0.25) is 5.91 Å². The van der Waals surface area contributed by atoms with Gasteiger partial charge >= 0.3 is 0 Å². The van der Waals surface area contributed by atoms with E-state index in [1.54, 1.807) is 13.0 Å². The van der Waals surface area contributed by atoms with Gasteiger partial charge in [0.25, 0.3) is 5.56 Å². The summed E-state index contributed by atoms with van der Waals surface area (Å²) in [6.07, 6.45) is 0.728. The van der Waals surface area contributed by atoms with E-state index in [1.165, 1.54) is 15.5 Å². The summed E-state index contributed by atoms with van der Waals surface area (Å²) in [6.45, 7) is 4.87. The highest BCUT2D eigenvalue weighted by Crippen LogP contribution is 2.19. The second-order valence-corrected chi connectivity index (χ2v) is 7.03. The number of hydrogen-bond acceptors (Lipinski definition) is 4. The predicted octanol–water partition coefficient (Wildman–Crippen LogP) is 3.38. The largest absolute Gasteiger partial charge is 0.494 e. The van der Waals surface area contributed by atoms with Gasteiger partial charge in [-0.3, -0.25) is 13.5 Å². The van der Waals surface area contributed by atoms with E-state index >= 15 is 0 Å². The normalized spacial score (nSPS) is 12.1. The molecular weight excluding hydrogens is 348 g/mol. The van der Waals surface area contributed by atoms with Gasteiger partial charge in [-0.05, 0) is 50.1 Å². The molecule has 0 saturated heterocycles. The lowest BCUT2D eigenvalue weighted by molar-refractivity contribution is -0.123. The molecule has 6 heteroatoms. The van der Waals surface area contributed by atoms with Crippen LogP contribution >= 0.6 is 11.5 Å². The highest BCUT2D eigenvalue weighted by atomic mass is 32.1. The van der Waals surface area contributed by atoms with Crippen molar-refractivity contribution in [2.24, 2.45) is 0 Å². The van der Waals surface area contributed by atoms with E-state index in [2.05, 4.69) is 5.32 Å². The molecule has 2 aromatic carbocycles. The Balaban J connectivity index is 1.58. The third kappa shape index (κ3) is 3.96. The number of rotatable bonds is 7. The standard InChI is InChI=1S/C20H22N2O3S/c1-3-25-16-10-8-15(9-11-16)12-13-21-19(23)14(2)22-20(24)17-6-4-5-7-18(17)26-22/h4-11,14H,3,12-13H2,1-2H3,(H,21,23)/t14-/m1/s1. The first kappa shape index (κ1) is 18.2. The number of amides is 1. The Labute approximate surface area is 156 Å². The molecule has 1 amide bonds. The number of nitrogens with zero attached hydrogens (tertiary/aromatic N) is 1. The molecule has 0 fully saturated rings. The van der Waals surface area contributed by atoms with Gasteiger partial charge in [-0.15, -0.1) is 0 Å². The molecule has 0 unspecified atom stereocenters. The molecule has 1 aromatic heterocycles. The van der Waals surface area contributed by atoms with Gasteiger partial charge in [0.15, 0.2) is 0 Å². The van der Waals surface area contributed by atoms with E-state index in [9.17, 15) is 9.59 Å². The molecule has 1 N–H and O–H groups in total. The van der Waals surface area contributed by atoms with Crippen LogP contribution in [0.25, 0.3) is 10.1 Å². The van der Waals surface area contributed by atoms with Crippen molar-refractivity contribution >= 4 is 27.5 Å². The first-order valence-corrected chi connectivity index (χ1v) is 9.47. The second-order valence-electron chi connectivity index (χ2n) is 6.01. The monoisotopic (exact) mass is 370 g/mol. The van der Waals surface area contributed by atoms with Gasteiger partial charge in [0.05, 0.1) is 16.7 Å². The Morgan fingerprint density at radius 2 is 1.92 bits per heavy atom. The smallest absolute Gasteiger partial charge is 0.269 e. The lowest BCUT2D eigenvalue weighted by atomic mass is 10.1. The number of carbonyl (C=O) groups is 1. The van der Waals surface area contributed by atoms with Crippen LogP contribution < -0.4 is 15.6 Å². The molecule has 136 valence electrons. The zero-order valence-corrected chi connectivity index (χ0v) is 15.7. The van der Waals surface area contributed by atoms with Crippen LogP contribution in [0.4, 0.5) is 0 Å². The van der Waals surface area contributed by atoms with Crippen molar-refractivity contribution < 1.29 is 9.53 Å². The van der Waals surface area contributed by atoms with Gasteiger partial charge in [0.1, 0.15) is 11.8 Å². The van der Waals surface area contributed by atoms with E-state index in [-0.39, 0.29) is 11.5 Å². The van der Waals surface area contributed by atoms with Crippen LogP contribution in [-0.2, 0) is 11.2 Å². The third-order valence-electron chi connectivity index (χ3n) is 4.19. The van der Waals surface area contributed by atoms with E-state index in [4.69, 9.17) is 4.74 Å². The summed E-state index contributed by atoms with van der Waals surface area (Å²) in [5.74, 6) is 0.697. The van der Waals surface area contributed by atoms with Crippen molar-refractivity contribution in [1.29, 1.82) is 0 Å². The SMILES string of the molecule is CCOc1ccc(CCNC(=O)[C@@H](C)n2sc3ccccc3c2=O)cc1. The van der Waals surface area contributed by atoms with Gasteiger partial charge in [0, 0.05) is 6.54 Å². The number of benzene rings is 2. The molecule has 3 aromatic rings. The average Bonchev–Trinajstić information content (AvgIpc) is 3.00. The molecule has 3 rings (SSSR count). The molecule has 0 aliphatic carbocycles. The van der Waals surface area contributed by atoms with E-state index in [0.717, 1.165) is 22.4 Å². The van der Waals surface area contributed by atoms with E-state index in [1.807, 2.05) is 49.4 Å². The van der Waals surface area contributed by atoms with E-state index in [0.29, 0.717) is 18.5 Å². The molecule has 1 heterocycles. The summed E-state index contributed by atoms with van der Waals surface area (Å²) in [5.41, 5.74) is 1.01. The van der Waals surface area contributed by atoms with Crippen molar-refractivity contribution in [2.75, 3.05) is 13.2 Å². The number of ether oxygens (including phenoxy) is 1. The topological polar surface area (TPSA) is 60.3 Å². The summed E-state index contributed by atoms with van der Waals surface area (Å²) in [6, 6.07) is 14.7. The van der Waals surface area contributed by atoms with Gasteiger partial charge in [-0.2, -0.15) is 0 Å². The zero-order valence-electron chi connectivity index (χ0n) is 14.9. The molecule has 26 heavy (non-hydrogen) atoms. The quantitative estimate of drug-likeness (QED) is 0.694. The molecule has 0 spiro atoms. The Hall–Kier alpha value is -2.60. The summed E-state index contributed by atoms with van der Waals surface area (Å²) in [4.78, 5) is 24.9. The van der Waals surface area contributed by atoms with Crippen molar-refractivity contribution in [3.8, 4) is 5.75 Å². The highest BCUT2D eigenvalue weighted by Gasteiger charge is 2.19. The summed E-state index contributed by atoms with van der Waals surface area (Å²) < 4.78 is 7.85. The van der Waals surface area contributed by atoms with Crippen LogP contribution in [0.2, 0.25) is 0 Å². The number of nitrogens with one attached hydrogen (secondary N) is 1. The Morgan fingerprint density at radius 3 is 2.62 bits per heavy atom.